The van der Waals surface area contributed by atoms with Crippen LogP contribution < -0.4 is 0 Å². The van der Waals surface area contributed by atoms with Crippen LogP contribution in [0.5, 0.6) is 0 Å². The van der Waals surface area contributed by atoms with Gasteiger partial charge in [-0.05, 0) is 19.3 Å². The maximum Gasteiger partial charge on any atom is 0.163 e. The largest absolute Gasteiger partial charge is 0.383 e. The molecule has 0 amide bonds. The number of carbonyl (C=O) groups is 1. The Bertz CT molecular complexity index is 202. The minimum Gasteiger partial charge on any atom is -0.383 e. The van der Waals surface area contributed by atoms with E-state index < -0.39 is 0 Å². The van der Waals surface area contributed by atoms with Crippen molar-refractivity contribution in [1.29, 1.82) is 0 Å². The molecule has 1 saturated carbocycles. The van der Waals surface area contributed by atoms with Gasteiger partial charge in [0.15, 0.2) is 5.78 Å². The Kier molecular flexibility index (Phi) is 2.90. The van der Waals surface area contributed by atoms with Crippen molar-refractivity contribution >= 4 is 5.78 Å². The van der Waals surface area contributed by atoms with Gasteiger partial charge in [0, 0.05) is 31.8 Å². The SMILES string of the molecule is CC/C(=C\N(C)C)C(=O)C1CC1. The highest BCUT2D eigenvalue weighted by atomic mass is 16.1. The Hall–Kier alpha value is -0.790. The topological polar surface area (TPSA) is 20.3 Å². The van der Waals surface area contributed by atoms with Gasteiger partial charge in [-0.15, -0.1) is 0 Å². The van der Waals surface area contributed by atoms with Crippen LogP contribution in [0.4, 0.5) is 0 Å². The van der Waals surface area contributed by atoms with Crippen molar-refractivity contribution in [2.45, 2.75) is 26.2 Å². The summed E-state index contributed by atoms with van der Waals surface area (Å²) in [5.74, 6) is 0.724. The van der Waals surface area contributed by atoms with Crippen molar-refractivity contribution in [2.75, 3.05) is 14.1 Å². The minimum atomic E-state index is 0.358. The van der Waals surface area contributed by atoms with E-state index in [4.69, 9.17) is 0 Å². The molecule has 0 N–H and O–H groups in total. The van der Waals surface area contributed by atoms with Crippen molar-refractivity contribution in [1.82, 2.24) is 4.90 Å². The molecule has 0 aromatic rings. The number of rotatable bonds is 4. The maximum absolute atomic E-state index is 11.6. The molecule has 1 aliphatic rings. The summed E-state index contributed by atoms with van der Waals surface area (Å²) in [7, 11) is 3.91. The summed E-state index contributed by atoms with van der Waals surface area (Å²) >= 11 is 0. The van der Waals surface area contributed by atoms with Crippen LogP contribution in [0.2, 0.25) is 0 Å². The fourth-order valence-corrected chi connectivity index (χ4v) is 1.25. The Labute approximate surface area is 74.2 Å². The lowest BCUT2D eigenvalue weighted by molar-refractivity contribution is -0.116. The molecule has 2 heteroatoms. The average molecular weight is 167 g/mol. The molecular formula is C10H17NO. The van der Waals surface area contributed by atoms with Gasteiger partial charge >= 0.3 is 0 Å². The summed E-state index contributed by atoms with van der Waals surface area (Å²) in [6.07, 6.45) is 5.00. The Morgan fingerprint density at radius 1 is 1.50 bits per heavy atom. The number of allylic oxidation sites excluding steroid dienone is 1. The van der Waals surface area contributed by atoms with Crippen LogP contribution in [0.1, 0.15) is 26.2 Å². The van der Waals surface area contributed by atoms with E-state index in [1.807, 2.05) is 32.1 Å². The van der Waals surface area contributed by atoms with E-state index >= 15 is 0 Å². The summed E-state index contributed by atoms with van der Waals surface area (Å²) in [6, 6.07) is 0. The molecule has 68 valence electrons. The van der Waals surface area contributed by atoms with Crippen molar-refractivity contribution < 1.29 is 4.79 Å². The van der Waals surface area contributed by atoms with Gasteiger partial charge in [0.05, 0.1) is 0 Å². The van der Waals surface area contributed by atoms with Crippen LogP contribution in [0.25, 0.3) is 0 Å². The van der Waals surface area contributed by atoms with Gasteiger partial charge in [-0.1, -0.05) is 6.92 Å². The average Bonchev–Trinajstić information content (AvgIpc) is 2.80. The van der Waals surface area contributed by atoms with Crippen molar-refractivity contribution in [2.24, 2.45) is 5.92 Å². The predicted molar refractivity (Wildman–Crippen MR) is 49.8 cm³/mol. The highest BCUT2D eigenvalue weighted by molar-refractivity contribution is 5.98. The molecule has 0 heterocycles. The summed E-state index contributed by atoms with van der Waals surface area (Å²) in [4.78, 5) is 13.5. The van der Waals surface area contributed by atoms with E-state index in [1.54, 1.807) is 0 Å². The first-order chi connectivity index (χ1) is 5.65. The molecule has 0 atom stereocenters. The van der Waals surface area contributed by atoms with Gasteiger partial charge in [0.1, 0.15) is 0 Å². The zero-order valence-corrected chi connectivity index (χ0v) is 8.13. The van der Waals surface area contributed by atoms with Crippen molar-refractivity contribution in [3.63, 3.8) is 0 Å². The number of nitrogens with zero attached hydrogens (tertiary/aromatic N) is 1. The second-order valence-electron chi connectivity index (χ2n) is 3.61. The molecule has 0 unspecified atom stereocenters. The smallest absolute Gasteiger partial charge is 0.163 e. The van der Waals surface area contributed by atoms with Crippen LogP contribution >= 0.6 is 0 Å². The lowest BCUT2D eigenvalue weighted by Gasteiger charge is -2.08. The summed E-state index contributed by atoms with van der Waals surface area (Å²) < 4.78 is 0. The van der Waals surface area contributed by atoms with Gasteiger partial charge < -0.3 is 4.90 Å². The van der Waals surface area contributed by atoms with Gasteiger partial charge in [0.25, 0.3) is 0 Å². The van der Waals surface area contributed by atoms with Crippen LogP contribution in [-0.2, 0) is 4.79 Å². The number of hydrogen-bond donors (Lipinski definition) is 0. The standard InChI is InChI=1S/C10H17NO/c1-4-8(7-11(2)3)10(12)9-5-6-9/h7,9H,4-6H2,1-3H3/b8-7+. The Morgan fingerprint density at radius 3 is 2.42 bits per heavy atom. The second-order valence-corrected chi connectivity index (χ2v) is 3.61. The van der Waals surface area contributed by atoms with Crippen LogP contribution in [-0.4, -0.2) is 24.8 Å². The van der Waals surface area contributed by atoms with E-state index in [0.29, 0.717) is 11.7 Å². The van der Waals surface area contributed by atoms with Gasteiger partial charge in [-0.25, -0.2) is 0 Å². The molecular weight excluding hydrogens is 150 g/mol. The van der Waals surface area contributed by atoms with E-state index in [1.165, 1.54) is 0 Å². The summed E-state index contributed by atoms with van der Waals surface area (Å²) in [5, 5.41) is 0. The second kappa shape index (κ2) is 3.74. The molecule has 12 heavy (non-hydrogen) atoms. The van der Waals surface area contributed by atoms with Crippen LogP contribution in [0.15, 0.2) is 11.8 Å². The monoisotopic (exact) mass is 167 g/mol. The molecule has 0 radical (unpaired) electrons. The fourth-order valence-electron chi connectivity index (χ4n) is 1.25. The molecule has 1 rings (SSSR count). The summed E-state index contributed by atoms with van der Waals surface area (Å²) in [5.41, 5.74) is 0.975. The first-order valence-corrected chi connectivity index (χ1v) is 4.56. The molecule has 0 saturated heterocycles. The molecule has 1 fully saturated rings. The van der Waals surface area contributed by atoms with E-state index in [9.17, 15) is 4.79 Å². The Balaban J connectivity index is 2.59. The zero-order valence-electron chi connectivity index (χ0n) is 8.13. The molecule has 2 nitrogen and oxygen atoms in total. The van der Waals surface area contributed by atoms with E-state index in [0.717, 1.165) is 24.8 Å². The minimum absolute atomic E-state index is 0.358. The van der Waals surface area contributed by atoms with Gasteiger partial charge in [0.2, 0.25) is 0 Å². The summed E-state index contributed by atoms with van der Waals surface area (Å²) in [6.45, 7) is 2.04. The first kappa shape index (κ1) is 9.30. The quantitative estimate of drug-likeness (QED) is 0.595. The van der Waals surface area contributed by atoms with E-state index in [2.05, 4.69) is 0 Å². The number of Topliss-reactive ketones (excluding diaryl/α,β-unsaturated/α-hetero) is 1. The van der Waals surface area contributed by atoms with Gasteiger partial charge in [-0.3, -0.25) is 4.79 Å². The normalized spacial score (nSPS) is 17.8. The molecule has 0 spiro atoms. The third-order valence-electron chi connectivity index (χ3n) is 2.06. The van der Waals surface area contributed by atoms with Crippen molar-refractivity contribution in [3.8, 4) is 0 Å². The van der Waals surface area contributed by atoms with Gasteiger partial charge in [-0.2, -0.15) is 0 Å². The lowest BCUT2D eigenvalue weighted by atomic mass is 10.1. The molecule has 1 aliphatic carbocycles. The molecule has 0 aromatic carbocycles. The fraction of sp³-hybridized carbons (Fsp3) is 0.700. The Morgan fingerprint density at radius 2 is 2.08 bits per heavy atom. The van der Waals surface area contributed by atoms with Crippen molar-refractivity contribution in [3.05, 3.63) is 11.8 Å². The molecule has 0 aliphatic heterocycles. The predicted octanol–water partition coefficient (Wildman–Crippen LogP) is 1.82. The van der Waals surface area contributed by atoms with Crippen LogP contribution in [0.3, 0.4) is 0 Å². The highest BCUT2D eigenvalue weighted by Gasteiger charge is 2.30. The number of hydrogen-bond acceptors (Lipinski definition) is 2. The zero-order chi connectivity index (χ0) is 9.14. The highest BCUT2D eigenvalue weighted by Crippen LogP contribution is 2.32. The molecule has 0 bridgehead atoms. The van der Waals surface area contributed by atoms with Crippen LogP contribution in [0, 0.1) is 5.92 Å². The third-order valence-corrected chi connectivity index (χ3v) is 2.06. The third kappa shape index (κ3) is 2.36. The first-order valence-electron chi connectivity index (χ1n) is 4.56. The van der Waals surface area contributed by atoms with E-state index in [-0.39, 0.29) is 0 Å². The maximum atomic E-state index is 11.6. The number of ketones is 1. The number of carbonyl (C=O) groups excluding carboxylic acids is 1. The molecule has 0 aromatic heterocycles. The lowest BCUT2D eigenvalue weighted by Crippen LogP contribution is -2.10.